The molecule has 3 nitrogen and oxygen atoms in total. The lowest BCUT2D eigenvalue weighted by molar-refractivity contribution is 1.10. The van der Waals surface area contributed by atoms with Crippen molar-refractivity contribution in [1.29, 1.82) is 0 Å². The van der Waals surface area contributed by atoms with Crippen molar-refractivity contribution < 1.29 is 0 Å². The van der Waals surface area contributed by atoms with Gasteiger partial charge in [0.2, 0.25) is 0 Å². The van der Waals surface area contributed by atoms with Crippen molar-refractivity contribution in [3.05, 3.63) is 38.7 Å². The van der Waals surface area contributed by atoms with E-state index in [0.717, 1.165) is 10.6 Å². The van der Waals surface area contributed by atoms with Gasteiger partial charge >= 0.3 is 0 Å². The summed E-state index contributed by atoms with van der Waals surface area (Å²) in [6, 6.07) is 5.37. The lowest BCUT2D eigenvalue weighted by Crippen LogP contribution is -2.05. The topological polar surface area (TPSA) is 48.6 Å². The van der Waals surface area contributed by atoms with Gasteiger partial charge in [-0.15, -0.1) is 11.3 Å². The van der Waals surface area contributed by atoms with E-state index in [9.17, 15) is 4.79 Å². The highest BCUT2D eigenvalue weighted by Gasteiger charge is 1.98. The predicted molar refractivity (Wildman–Crippen MR) is 55.6 cm³/mol. The first-order valence-electron chi connectivity index (χ1n) is 3.63. The number of nitrogens with one attached hydrogen (secondary N) is 2. The van der Waals surface area contributed by atoms with Crippen LogP contribution >= 0.6 is 23.6 Å². The van der Waals surface area contributed by atoms with Crippen LogP contribution in [0.4, 0.5) is 0 Å². The highest BCUT2D eigenvalue weighted by molar-refractivity contribution is 7.71. The van der Waals surface area contributed by atoms with Crippen molar-refractivity contribution in [2.45, 2.75) is 0 Å². The summed E-state index contributed by atoms with van der Waals surface area (Å²) in [6.07, 6.45) is 0. The molecule has 0 aliphatic rings. The molecular weight excluding hydrogens is 204 g/mol. The summed E-state index contributed by atoms with van der Waals surface area (Å²) in [5.41, 5.74) is 0.593. The summed E-state index contributed by atoms with van der Waals surface area (Å²) in [7, 11) is 0. The van der Waals surface area contributed by atoms with Gasteiger partial charge in [-0.3, -0.25) is 9.78 Å². The fourth-order valence-corrected chi connectivity index (χ4v) is 1.94. The summed E-state index contributed by atoms with van der Waals surface area (Å²) in [6.45, 7) is 0. The van der Waals surface area contributed by atoms with Gasteiger partial charge in [0.1, 0.15) is 0 Å². The van der Waals surface area contributed by atoms with Gasteiger partial charge in [-0.05, 0) is 23.7 Å². The van der Waals surface area contributed by atoms with Crippen LogP contribution < -0.4 is 5.56 Å². The SMILES string of the molecule is O=c1cc(-c2cccs2)[nH]c(=S)[nH]1. The van der Waals surface area contributed by atoms with Gasteiger partial charge in [0.15, 0.2) is 4.77 Å². The van der Waals surface area contributed by atoms with Gasteiger partial charge in [-0.25, -0.2) is 0 Å². The average molecular weight is 210 g/mol. The number of hydrogen-bond acceptors (Lipinski definition) is 3. The third-order valence-electron chi connectivity index (χ3n) is 1.55. The van der Waals surface area contributed by atoms with Gasteiger partial charge in [-0.2, -0.15) is 0 Å². The molecule has 0 amide bonds. The zero-order chi connectivity index (χ0) is 9.26. The molecule has 0 saturated carbocycles. The molecule has 0 atom stereocenters. The Morgan fingerprint density at radius 2 is 2.23 bits per heavy atom. The van der Waals surface area contributed by atoms with Crippen LogP contribution in [0, 0.1) is 4.77 Å². The molecule has 0 fully saturated rings. The number of rotatable bonds is 1. The maximum absolute atomic E-state index is 11.1. The van der Waals surface area contributed by atoms with E-state index < -0.39 is 0 Å². The van der Waals surface area contributed by atoms with E-state index >= 15 is 0 Å². The standard InChI is InChI=1S/C8H6N2OS2/c11-7-4-5(9-8(12)10-7)6-2-1-3-13-6/h1-4H,(H2,9,10,11,12). The molecule has 13 heavy (non-hydrogen) atoms. The fraction of sp³-hybridized carbons (Fsp3) is 0. The van der Waals surface area contributed by atoms with Crippen molar-refractivity contribution in [2.75, 3.05) is 0 Å². The minimum absolute atomic E-state index is 0.174. The monoisotopic (exact) mass is 210 g/mol. The van der Waals surface area contributed by atoms with Gasteiger partial charge in [0.25, 0.3) is 5.56 Å². The van der Waals surface area contributed by atoms with Crippen molar-refractivity contribution >= 4 is 23.6 Å². The second-order valence-corrected chi connectivity index (χ2v) is 3.83. The first kappa shape index (κ1) is 8.40. The van der Waals surface area contributed by atoms with E-state index in [1.807, 2.05) is 17.5 Å². The molecule has 0 aliphatic carbocycles. The Kier molecular flexibility index (Phi) is 2.12. The average Bonchev–Trinajstić information content (AvgIpc) is 2.53. The molecule has 2 aromatic heterocycles. The second kappa shape index (κ2) is 3.27. The van der Waals surface area contributed by atoms with Crippen LogP contribution in [-0.2, 0) is 0 Å². The molecule has 2 rings (SSSR count). The number of thiophene rings is 1. The summed E-state index contributed by atoms with van der Waals surface area (Å²) in [5, 5.41) is 1.95. The number of aromatic nitrogens is 2. The first-order chi connectivity index (χ1) is 6.25. The van der Waals surface area contributed by atoms with E-state index in [1.54, 1.807) is 11.3 Å². The Hall–Kier alpha value is -1.20. The smallest absolute Gasteiger partial charge is 0.252 e. The quantitative estimate of drug-likeness (QED) is 0.709. The van der Waals surface area contributed by atoms with Crippen LogP contribution in [0.5, 0.6) is 0 Å². The molecule has 2 aromatic rings. The third-order valence-corrected chi connectivity index (χ3v) is 2.65. The molecule has 66 valence electrons. The van der Waals surface area contributed by atoms with E-state index in [-0.39, 0.29) is 5.56 Å². The molecule has 0 aliphatic heterocycles. The van der Waals surface area contributed by atoms with Crippen LogP contribution in [0.1, 0.15) is 0 Å². The second-order valence-electron chi connectivity index (χ2n) is 2.48. The molecule has 0 bridgehead atoms. The normalized spacial score (nSPS) is 10.2. The van der Waals surface area contributed by atoms with Crippen molar-refractivity contribution in [2.24, 2.45) is 0 Å². The summed E-state index contributed by atoms with van der Waals surface area (Å²) in [5.74, 6) is 0. The van der Waals surface area contributed by atoms with E-state index in [2.05, 4.69) is 9.97 Å². The molecule has 2 N–H and O–H groups in total. The summed E-state index contributed by atoms with van der Waals surface area (Å²) >= 11 is 6.42. The van der Waals surface area contributed by atoms with Crippen molar-refractivity contribution in [3.63, 3.8) is 0 Å². The molecule has 0 saturated heterocycles. The van der Waals surface area contributed by atoms with Gasteiger partial charge in [0.05, 0.1) is 10.6 Å². The highest BCUT2D eigenvalue weighted by Crippen LogP contribution is 2.20. The summed E-state index contributed by atoms with van der Waals surface area (Å²) < 4.78 is 0.357. The zero-order valence-electron chi connectivity index (χ0n) is 6.53. The molecular formula is C8H6N2OS2. The van der Waals surface area contributed by atoms with Crippen LogP contribution in [0.2, 0.25) is 0 Å². The molecule has 0 radical (unpaired) electrons. The Balaban J connectivity index is 2.66. The Labute approximate surface area is 83.1 Å². The Morgan fingerprint density at radius 3 is 2.85 bits per heavy atom. The van der Waals surface area contributed by atoms with Crippen LogP contribution in [0.3, 0.4) is 0 Å². The van der Waals surface area contributed by atoms with Crippen LogP contribution in [0.15, 0.2) is 28.4 Å². The largest absolute Gasteiger partial charge is 0.331 e. The first-order valence-corrected chi connectivity index (χ1v) is 4.92. The predicted octanol–water partition coefficient (Wildman–Crippen LogP) is 2.16. The minimum atomic E-state index is -0.174. The van der Waals surface area contributed by atoms with E-state index in [4.69, 9.17) is 12.2 Å². The van der Waals surface area contributed by atoms with Crippen LogP contribution in [-0.4, -0.2) is 9.97 Å². The van der Waals surface area contributed by atoms with Crippen molar-refractivity contribution in [3.8, 4) is 10.6 Å². The molecule has 0 unspecified atom stereocenters. The van der Waals surface area contributed by atoms with Gasteiger partial charge in [0, 0.05) is 6.07 Å². The van der Waals surface area contributed by atoms with E-state index in [1.165, 1.54) is 6.07 Å². The lowest BCUT2D eigenvalue weighted by atomic mass is 10.3. The van der Waals surface area contributed by atoms with Gasteiger partial charge < -0.3 is 4.98 Å². The third kappa shape index (κ3) is 1.76. The van der Waals surface area contributed by atoms with Crippen LogP contribution in [0.25, 0.3) is 10.6 Å². The molecule has 5 heteroatoms. The number of hydrogen-bond donors (Lipinski definition) is 2. The Morgan fingerprint density at radius 1 is 1.38 bits per heavy atom. The maximum atomic E-state index is 11.1. The fourth-order valence-electron chi connectivity index (χ4n) is 1.03. The zero-order valence-corrected chi connectivity index (χ0v) is 8.17. The molecule has 0 spiro atoms. The lowest BCUT2D eigenvalue weighted by Gasteiger charge is -1.95. The van der Waals surface area contributed by atoms with E-state index in [0.29, 0.717) is 4.77 Å². The minimum Gasteiger partial charge on any atom is -0.331 e. The maximum Gasteiger partial charge on any atom is 0.252 e. The van der Waals surface area contributed by atoms with Crippen molar-refractivity contribution in [1.82, 2.24) is 9.97 Å². The number of H-pyrrole nitrogens is 2. The Bertz CT molecular complexity index is 481. The number of aromatic amines is 2. The highest BCUT2D eigenvalue weighted by atomic mass is 32.1. The van der Waals surface area contributed by atoms with Gasteiger partial charge in [-0.1, -0.05) is 6.07 Å². The summed E-state index contributed by atoms with van der Waals surface area (Å²) in [4.78, 5) is 17.5. The molecule has 2 heterocycles. The molecule has 0 aromatic carbocycles.